The molecule has 182 valence electrons. The summed E-state index contributed by atoms with van der Waals surface area (Å²) in [4.78, 5) is 36.7. The van der Waals surface area contributed by atoms with E-state index in [0.717, 1.165) is 22.3 Å². The third-order valence-corrected chi connectivity index (χ3v) is 6.73. The van der Waals surface area contributed by atoms with Gasteiger partial charge in [-0.05, 0) is 46.6 Å². The van der Waals surface area contributed by atoms with Crippen molar-refractivity contribution in [3.8, 4) is 11.1 Å². The molecule has 0 saturated carbocycles. The van der Waals surface area contributed by atoms with Gasteiger partial charge in [-0.25, -0.2) is 4.79 Å². The zero-order valence-corrected chi connectivity index (χ0v) is 20.6. The molecule has 1 aliphatic rings. The van der Waals surface area contributed by atoms with Crippen LogP contribution in [0.1, 0.15) is 43.7 Å². The summed E-state index contributed by atoms with van der Waals surface area (Å²) >= 11 is 1.56. The predicted octanol–water partition coefficient (Wildman–Crippen LogP) is 4.26. The summed E-state index contributed by atoms with van der Waals surface area (Å²) in [6, 6.07) is 14.8. The maximum Gasteiger partial charge on any atom is 0.407 e. The summed E-state index contributed by atoms with van der Waals surface area (Å²) in [6.07, 6.45) is 1.49. The van der Waals surface area contributed by atoms with E-state index in [1.807, 2.05) is 56.5 Å². The van der Waals surface area contributed by atoms with Gasteiger partial charge in [-0.2, -0.15) is 11.8 Å². The number of fused-ring (bicyclic) bond motifs is 3. The Bertz CT molecular complexity index is 980. The Labute approximate surface area is 204 Å². The smallest absolute Gasteiger partial charge is 0.407 e. The molecule has 0 fully saturated rings. The Balaban J connectivity index is 1.65. The largest absolute Gasteiger partial charge is 0.481 e. The molecule has 2 atom stereocenters. The lowest BCUT2D eigenvalue weighted by atomic mass is 9.98. The van der Waals surface area contributed by atoms with Crippen LogP contribution in [-0.2, 0) is 14.3 Å². The van der Waals surface area contributed by atoms with Crippen molar-refractivity contribution in [2.24, 2.45) is 5.92 Å². The molecule has 3 N–H and O–H groups in total. The molecule has 1 aliphatic carbocycles. The van der Waals surface area contributed by atoms with Gasteiger partial charge in [0.15, 0.2) is 0 Å². The normalized spacial score (nSPS) is 14.1. The van der Waals surface area contributed by atoms with Gasteiger partial charge in [0.2, 0.25) is 5.91 Å². The molecule has 2 aromatic rings. The maximum atomic E-state index is 12.9. The first-order valence-electron chi connectivity index (χ1n) is 11.4. The van der Waals surface area contributed by atoms with Gasteiger partial charge in [0.1, 0.15) is 12.6 Å². The number of carbonyl (C=O) groups is 3. The Morgan fingerprint density at radius 1 is 1.00 bits per heavy atom. The van der Waals surface area contributed by atoms with Crippen LogP contribution in [0.3, 0.4) is 0 Å². The summed E-state index contributed by atoms with van der Waals surface area (Å²) in [5, 5.41) is 14.6. The molecule has 0 spiro atoms. The highest BCUT2D eigenvalue weighted by atomic mass is 32.2. The van der Waals surface area contributed by atoms with Crippen LogP contribution in [0.15, 0.2) is 48.5 Å². The lowest BCUT2D eigenvalue weighted by Gasteiger charge is -2.25. The second-order valence-electron chi connectivity index (χ2n) is 8.76. The van der Waals surface area contributed by atoms with Crippen molar-refractivity contribution in [2.45, 2.75) is 44.7 Å². The highest BCUT2D eigenvalue weighted by molar-refractivity contribution is 7.98. The number of carboxylic acid groups (broad SMARTS) is 1. The molecule has 0 heterocycles. The van der Waals surface area contributed by atoms with Gasteiger partial charge in [0.05, 0.1) is 6.42 Å². The molecular formula is C26H32N2O5S. The number of amides is 2. The van der Waals surface area contributed by atoms with Crippen LogP contribution in [0.5, 0.6) is 0 Å². The third-order valence-electron chi connectivity index (χ3n) is 6.09. The van der Waals surface area contributed by atoms with Crippen molar-refractivity contribution in [3.05, 3.63) is 59.7 Å². The van der Waals surface area contributed by atoms with Crippen molar-refractivity contribution in [2.75, 3.05) is 18.6 Å². The monoisotopic (exact) mass is 484 g/mol. The first kappa shape index (κ1) is 25.6. The molecule has 34 heavy (non-hydrogen) atoms. The molecule has 3 rings (SSSR count). The van der Waals surface area contributed by atoms with Crippen LogP contribution in [0.4, 0.5) is 4.79 Å². The van der Waals surface area contributed by atoms with E-state index in [1.54, 1.807) is 11.8 Å². The maximum absolute atomic E-state index is 12.9. The van der Waals surface area contributed by atoms with E-state index in [-0.39, 0.29) is 24.9 Å². The van der Waals surface area contributed by atoms with Gasteiger partial charge in [-0.1, -0.05) is 62.4 Å². The zero-order valence-electron chi connectivity index (χ0n) is 19.7. The van der Waals surface area contributed by atoms with E-state index < -0.39 is 30.1 Å². The Hall–Kier alpha value is -3.00. The number of rotatable bonds is 11. The average molecular weight is 485 g/mol. The fraction of sp³-hybridized carbons (Fsp3) is 0.423. The predicted molar refractivity (Wildman–Crippen MR) is 134 cm³/mol. The standard InChI is InChI=1S/C26H32N2O5S/c1-16(2)23(14-24(29)30)27-25(31)22(12-13-34-3)28-26(32)33-15-21-19-10-6-4-8-17(19)18-9-5-7-11-20(18)21/h4-11,16,21-23H,12-15H2,1-3H3,(H,27,31)(H,28,32)(H,29,30). The molecule has 8 heteroatoms. The van der Waals surface area contributed by atoms with Crippen LogP contribution in [-0.4, -0.2) is 53.8 Å². The number of thioether (sulfide) groups is 1. The highest BCUT2D eigenvalue weighted by Crippen LogP contribution is 2.44. The number of nitrogens with one attached hydrogen (secondary N) is 2. The van der Waals surface area contributed by atoms with Crippen molar-refractivity contribution >= 4 is 29.7 Å². The zero-order chi connectivity index (χ0) is 24.7. The highest BCUT2D eigenvalue weighted by Gasteiger charge is 2.30. The number of carbonyl (C=O) groups excluding carboxylic acids is 2. The molecule has 2 aromatic carbocycles. The van der Waals surface area contributed by atoms with Crippen LogP contribution in [0, 0.1) is 5.92 Å². The van der Waals surface area contributed by atoms with Crippen molar-refractivity contribution in [1.82, 2.24) is 10.6 Å². The fourth-order valence-corrected chi connectivity index (χ4v) is 4.68. The van der Waals surface area contributed by atoms with Gasteiger partial charge in [-0.15, -0.1) is 0 Å². The van der Waals surface area contributed by atoms with Crippen molar-refractivity contribution in [1.29, 1.82) is 0 Å². The molecule has 0 aliphatic heterocycles. The summed E-state index contributed by atoms with van der Waals surface area (Å²) in [6.45, 7) is 3.86. The van der Waals surface area contributed by atoms with Crippen LogP contribution < -0.4 is 10.6 Å². The van der Waals surface area contributed by atoms with E-state index in [2.05, 4.69) is 22.8 Å². The molecule has 7 nitrogen and oxygen atoms in total. The second kappa shape index (κ2) is 11.9. The molecule has 0 saturated heterocycles. The van der Waals surface area contributed by atoms with E-state index in [9.17, 15) is 14.4 Å². The van der Waals surface area contributed by atoms with Crippen LogP contribution in [0.2, 0.25) is 0 Å². The lowest BCUT2D eigenvalue weighted by molar-refractivity contribution is -0.138. The molecular weight excluding hydrogens is 452 g/mol. The summed E-state index contributed by atoms with van der Waals surface area (Å²) < 4.78 is 5.59. The van der Waals surface area contributed by atoms with E-state index in [1.165, 1.54) is 0 Å². The minimum Gasteiger partial charge on any atom is -0.481 e. The third kappa shape index (κ3) is 6.32. The number of hydrogen-bond acceptors (Lipinski definition) is 5. The first-order chi connectivity index (χ1) is 16.3. The SMILES string of the molecule is CSCCC(NC(=O)OCC1c2ccccc2-c2ccccc21)C(=O)NC(CC(=O)O)C(C)C. The minimum atomic E-state index is -0.982. The van der Waals surface area contributed by atoms with Gasteiger partial charge >= 0.3 is 12.1 Å². The number of benzene rings is 2. The fourth-order valence-electron chi connectivity index (χ4n) is 4.21. The lowest BCUT2D eigenvalue weighted by Crippen LogP contribution is -2.51. The molecule has 2 unspecified atom stereocenters. The van der Waals surface area contributed by atoms with Crippen LogP contribution in [0.25, 0.3) is 11.1 Å². The van der Waals surface area contributed by atoms with Gasteiger partial charge in [0, 0.05) is 12.0 Å². The summed E-state index contributed by atoms with van der Waals surface area (Å²) in [5.74, 6) is -0.854. The number of carboxylic acids is 1. The molecule has 0 aromatic heterocycles. The quantitative estimate of drug-likeness (QED) is 0.440. The Morgan fingerprint density at radius 2 is 1.59 bits per heavy atom. The Morgan fingerprint density at radius 3 is 2.12 bits per heavy atom. The first-order valence-corrected chi connectivity index (χ1v) is 12.8. The van der Waals surface area contributed by atoms with Crippen LogP contribution >= 0.6 is 11.8 Å². The van der Waals surface area contributed by atoms with E-state index >= 15 is 0 Å². The topological polar surface area (TPSA) is 105 Å². The average Bonchev–Trinajstić information content (AvgIpc) is 3.13. The number of hydrogen-bond donors (Lipinski definition) is 3. The number of ether oxygens (including phenoxy) is 1. The summed E-state index contributed by atoms with van der Waals surface area (Å²) in [7, 11) is 0. The van der Waals surface area contributed by atoms with Gasteiger partial charge in [-0.3, -0.25) is 9.59 Å². The van der Waals surface area contributed by atoms with E-state index in [4.69, 9.17) is 9.84 Å². The Kier molecular flexibility index (Phi) is 8.98. The number of alkyl carbamates (subject to hydrolysis) is 1. The van der Waals surface area contributed by atoms with Crippen molar-refractivity contribution in [3.63, 3.8) is 0 Å². The van der Waals surface area contributed by atoms with Gasteiger partial charge in [0.25, 0.3) is 0 Å². The minimum absolute atomic E-state index is 0.0595. The number of aliphatic carboxylic acids is 1. The van der Waals surface area contributed by atoms with Gasteiger partial charge < -0.3 is 20.5 Å². The molecule has 0 radical (unpaired) electrons. The second-order valence-corrected chi connectivity index (χ2v) is 9.75. The molecule has 2 amide bonds. The van der Waals surface area contributed by atoms with Crippen molar-refractivity contribution < 1.29 is 24.2 Å². The molecule has 0 bridgehead atoms. The summed E-state index contributed by atoms with van der Waals surface area (Å²) in [5.41, 5.74) is 4.51. The van der Waals surface area contributed by atoms with E-state index in [0.29, 0.717) is 12.2 Å².